The first-order chi connectivity index (χ1) is 9.63. The Labute approximate surface area is 131 Å². The van der Waals surface area contributed by atoms with E-state index in [0.29, 0.717) is 27.2 Å². The number of methoxy groups -OCH3 is 1. The van der Waals surface area contributed by atoms with E-state index in [4.69, 9.17) is 14.2 Å². The van der Waals surface area contributed by atoms with Crippen molar-refractivity contribution in [2.45, 2.75) is 6.92 Å². The maximum Gasteiger partial charge on any atom is 0.330 e. The number of hydrogen-bond donors (Lipinski definition) is 0. The lowest BCUT2D eigenvalue weighted by atomic mass is 10.2. The minimum absolute atomic E-state index is 0.174. The number of esters is 1. The van der Waals surface area contributed by atoms with Crippen LogP contribution < -0.4 is 9.47 Å². The number of hydrogen-bond acceptors (Lipinski definition) is 5. The van der Waals surface area contributed by atoms with Gasteiger partial charge in [0.2, 0.25) is 0 Å². The van der Waals surface area contributed by atoms with Crippen LogP contribution in [0.3, 0.4) is 0 Å². The van der Waals surface area contributed by atoms with Crippen LogP contribution in [0.1, 0.15) is 17.3 Å². The van der Waals surface area contributed by atoms with Crippen molar-refractivity contribution in [3.05, 3.63) is 33.4 Å². The summed E-state index contributed by atoms with van der Waals surface area (Å²) < 4.78 is 16.1. The molecule has 0 spiro atoms. The molecule has 20 heavy (non-hydrogen) atoms. The summed E-state index contributed by atoms with van der Waals surface area (Å²) in [6, 6.07) is 3.32. The Hall–Kier alpha value is -1.57. The molecule has 0 saturated carbocycles. The van der Waals surface area contributed by atoms with Gasteiger partial charge in [0.1, 0.15) is 6.61 Å². The normalized spacial score (nSPS) is 10.3. The summed E-state index contributed by atoms with van der Waals surface area (Å²) in [6.45, 7) is 2.24. The molecule has 0 saturated heterocycles. The lowest BCUT2D eigenvalue weighted by Crippen LogP contribution is -2.03. The van der Waals surface area contributed by atoms with Crippen LogP contribution in [-0.2, 0) is 9.53 Å². The molecule has 0 heterocycles. The zero-order valence-corrected chi connectivity index (χ0v) is 13.4. The number of carbonyl (C=O) groups excluding carboxylic acids is 2. The predicted octanol–water partition coefficient (Wildman–Crippen LogP) is 2.61. The van der Waals surface area contributed by atoms with Crippen molar-refractivity contribution in [3.63, 3.8) is 0 Å². The molecule has 6 heteroatoms. The SMILES string of the molecule is CCOC(=O)C=CCOc1c(OC)ccc(C=O)c1I. The number of rotatable bonds is 7. The standard InChI is InChI=1S/C14H15IO5/c1-3-19-12(17)5-4-8-20-14-11(18-2)7-6-10(9-16)13(14)15/h4-7,9H,3,8H2,1-2H3. The van der Waals surface area contributed by atoms with Crippen molar-refractivity contribution in [3.8, 4) is 11.5 Å². The summed E-state index contributed by atoms with van der Waals surface area (Å²) in [7, 11) is 1.52. The van der Waals surface area contributed by atoms with Gasteiger partial charge >= 0.3 is 5.97 Å². The minimum atomic E-state index is -0.417. The van der Waals surface area contributed by atoms with Crippen LogP contribution in [0, 0.1) is 3.57 Å². The van der Waals surface area contributed by atoms with Gasteiger partial charge in [-0.25, -0.2) is 4.79 Å². The predicted molar refractivity (Wildman–Crippen MR) is 82.4 cm³/mol. The van der Waals surface area contributed by atoms with Gasteiger partial charge in [-0.1, -0.05) is 0 Å². The first-order valence-electron chi connectivity index (χ1n) is 5.91. The number of ether oxygens (including phenoxy) is 3. The maximum absolute atomic E-state index is 11.1. The van der Waals surface area contributed by atoms with E-state index in [2.05, 4.69) is 0 Å². The fourth-order valence-corrected chi connectivity index (χ4v) is 2.13. The maximum atomic E-state index is 11.1. The first-order valence-corrected chi connectivity index (χ1v) is 6.99. The summed E-state index contributed by atoms with van der Waals surface area (Å²) in [6.07, 6.45) is 3.59. The molecule has 1 aromatic carbocycles. The van der Waals surface area contributed by atoms with Gasteiger partial charge in [-0.2, -0.15) is 0 Å². The highest BCUT2D eigenvalue weighted by Crippen LogP contribution is 2.34. The molecule has 0 bridgehead atoms. The van der Waals surface area contributed by atoms with E-state index in [1.807, 2.05) is 22.6 Å². The Kier molecular flexibility index (Phi) is 7.06. The molecule has 108 valence electrons. The zero-order valence-electron chi connectivity index (χ0n) is 11.2. The van der Waals surface area contributed by atoms with Crippen LogP contribution in [0.15, 0.2) is 24.3 Å². The molecule has 1 rings (SSSR count). The summed E-state index contributed by atoms with van der Waals surface area (Å²) in [4.78, 5) is 22.0. The number of aldehydes is 1. The number of halogens is 1. The Morgan fingerprint density at radius 2 is 2.15 bits per heavy atom. The van der Waals surface area contributed by atoms with E-state index in [9.17, 15) is 9.59 Å². The van der Waals surface area contributed by atoms with E-state index in [1.54, 1.807) is 25.1 Å². The van der Waals surface area contributed by atoms with E-state index in [0.717, 1.165) is 6.29 Å². The quantitative estimate of drug-likeness (QED) is 0.310. The van der Waals surface area contributed by atoms with Gasteiger partial charge in [0.15, 0.2) is 17.8 Å². The second-order valence-corrected chi connectivity index (χ2v) is 4.66. The third-order valence-corrected chi connectivity index (χ3v) is 3.41. The Morgan fingerprint density at radius 1 is 1.40 bits per heavy atom. The van der Waals surface area contributed by atoms with Gasteiger partial charge < -0.3 is 14.2 Å². The van der Waals surface area contributed by atoms with Gasteiger partial charge in [0.25, 0.3) is 0 Å². The van der Waals surface area contributed by atoms with Crippen LogP contribution in [0.5, 0.6) is 11.5 Å². The van der Waals surface area contributed by atoms with Crippen molar-refractivity contribution in [2.75, 3.05) is 20.3 Å². The summed E-state index contributed by atoms with van der Waals surface area (Å²) >= 11 is 2.02. The van der Waals surface area contributed by atoms with Crippen LogP contribution in [0.2, 0.25) is 0 Å². The molecule has 0 atom stereocenters. The minimum Gasteiger partial charge on any atom is -0.493 e. The molecule has 5 nitrogen and oxygen atoms in total. The fourth-order valence-electron chi connectivity index (χ4n) is 1.41. The summed E-state index contributed by atoms with van der Waals surface area (Å²) in [5.74, 6) is 0.593. The zero-order chi connectivity index (χ0) is 15.0. The van der Waals surface area contributed by atoms with E-state index in [-0.39, 0.29) is 6.61 Å². The molecule has 1 aromatic rings. The molecule has 0 aliphatic carbocycles. The molecule has 0 aromatic heterocycles. The molecule has 0 amide bonds. The second-order valence-electron chi connectivity index (χ2n) is 3.58. The Morgan fingerprint density at radius 3 is 2.75 bits per heavy atom. The highest BCUT2D eigenvalue weighted by Gasteiger charge is 2.12. The fraction of sp³-hybridized carbons (Fsp3) is 0.286. The third kappa shape index (κ3) is 4.52. The Balaban J connectivity index is 2.76. The molecule has 0 unspecified atom stereocenters. The molecular formula is C14H15IO5. The molecule has 0 aliphatic rings. The highest BCUT2D eigenvalue weighted by molar-refractivity contribution is 14.1. The second kappa shape index (κ2) is 8.57. The van der Waals surface area contributed by atoms with Crippen molar-refractivity contribution in [1.82, 2.24) is 0 Å². The summed E-state index contributed by atoms with van der Waals surface area (Å²) in [5, 5.41) is 0. The van der Waals surface area contributed by atoms with Crippen LogP contribution >= 0.6 is 22.6 Å². The van der Waals surface area contributed by atoms with Crippen molar-refractivity contribution >= 4 is 34.8 Å². The lowest BCUT2D eigenvalue weighted by Gasteiger charge is -2.12. The molecule has 0 radical (unpaired) electrons. The number of benzene rings is 1. The van der Waals surface area contributed by atoms with E-state index in [1.165, 1.54) is 13.2 Å². The van der Waals surface area contributed by atoms with Crippen LogP contribution in [0.4, 0.5) is 0 Å². The molecular weight excluding hydrogens is 375 g/mol. The van der Waals surface area contributed by atoms with Crippen molar-refractivity contribution in [1.29, 1.82) is 0 Å². The average molecular weight is 390 g/mol. The average Bonchev–Trinajstić information content (AvgIpc) is 2.45. The third-order valence-electron chi connectivity index (χ3n) is 2.30. The summed E-state index contributed by atoms with van der Waals surface area (Å²) in [5.41, 5.74) is 0.524. The van der Waals surface area contributed by atoms with Crippen LogP contribution in [-0.4, -0.2) is 32.6 Å². The molecule has 0 aliphatic heterocycles. The van der Waals surface area contributed by atoms with E-state index < -0.39 is 5.97 Å². The number of carbonyl (C=O) groups is 2. The lowest BCUT2D eigenvalue weighted by molar-refractivity contribution is -0.137. The van der Waals surface area contributed by atoms with Gasteiger partial charge in [-0.3, -0.25) is 4.79 Å². The van der Waals surface area contributed by atoms with Gasteiger partial charge in [0.05, 0.1) is 17.3 Å². The first kappa shape index (κ1) is 16.5. The van der Waals surface area contributed by atoms with Gasteiger partial charge in [-0.15, -0.1) is 0 Å². The van der Waals surface area contributed by atoms with Gasteiger partial charge in [0, 0.05) is 11.6 Å². The monoisotopic (exact) mass is 390 g/mol. The largest absolute Gasteiger partial charge is 0.493 e. The highest BCUT2D eigenvalue weighted by atomic mass is 127. The Bertz CT molecular complexity index is 511. The smallest absolute Gasteiger partial charge is 0.330 e. The van der Waals surface area contributed by atoms with Gasteiger partial charge in [-0.05, 0) is 47.7 Å². The topological polar surface area (TPSA) is 61.8 Å². The van der Waals surface area contributed by atoms with Crippen LogP contribution in [0.25, 0.3) is 0 Å². The van der Waals surface area contributed by atoms with E-state index >= 15 is 0 Å². The van der Waals surface area contributed by atoms with Crippen molar-refractivity contribution in [2.24, 2.45) is 0 Å². The molecule has 0 N–H and O–H groups in total. The molecule has 0 fully saturated rings. The van der Waals surface area contributed by atoms with Crippen molar-refractivity contribution < 1.29 is 23.8 Å².